The van der Waals surface area contributed by atoms with Crippen molar-refractivity contribution >= 4 is 29.6 Å². The van der Waals surface area contributed by atoms with Crippen LogP contribution in [0.15, 0.2) is 17.8 Å². The molecule has 0 bridgehead atoms. The zero-order valence-electron chi connectivity index (χ0n) is 15.1. The first-order valence-electron chi connectivity index (χ1n) is 7.69. The topological polar surface area (TPSA) is 105 Å². The van der Waals surface area contributed by atoms with Gasteiger partial charge in [0.1, 0.15) is 11.2 Å². The Morgan fingerprint density at radius 3 is 2.48 bits per heavy atom. The van der Waals surface area contributed by atoms with Crippen LogP contribution in [-0.4, -0.2) is 50.5 Å². The van der Waals surface area contributed by atoms with Crippen LogP contribution in [0.3, 0.4) is 0 Å². The maximum absolute atomic E-state index is 12.3. The number of rotatable bonds is 7. The minimum absolute atomic E-state index is 0.0383. The van der Waals surface area contributed by atoms with Crippen molar-refractivity contribution in [2.24, 2.45) is 0 Å². The Morgan fingerprint density at radius 2 is 2.04 bits per heavy atom. The molecule has 0 saturated heterocycles. The van der Waals surface area contributed by atoms with Gasteiger partial charge in [-0.25, -0.2) is 24.6 Å². The van der Waals surface area contributed by atoms with Crippen molar-refractivity contribution in [2.45, 2.75) is 44.9 Å². The predicted octanol–water partition coefficient (Wildman–Crippen LogP) is 3.21. The number of nitrogens with one attached hydrogen (secondary N) is 1. The van der Waals surface area contributed by atoms with Crippen LogP contribution in [0.25, 0.3) is 0 Å². The molecule has 2 N–H and O–H groups in total. The first kappa shape index (κ1) is 20.8. The number of anilines is 1. The van der Waals surface area contributed by atoms with E-state index in [-0.39, 0.29) is 17.9 Å². The lowest BCUT2D eigenvalue weighted by molar-refractivity contribution is 0.0313. The van der Waals surface area contributed by atoms with Crippen molar-refractivity contribution in [1.29, 1.82) is 0 Å². The van der Waals surface area contributed by atoms with E-state index in [0.717, 1.165) is 5.01 Å². The molecular weight excluding hydrogens is 344 g/mol. The molecule has 0 radical (unpaired) electrons. The summed E-state index contributed by atoms with van der Waals surface area (Å²) < 4.78 is 5.32. The van der Waals surface area contributed by atoms with E-state index in [0.29, 0.717) is 17.3 Å². The average Bonchev–Trinajstić information content (AvgIpc) is 2.51. The standard InChI is InChI=1S/C16H24N4O4S/c1-7-9-20(15(23)24-16(3,4)5)19-12-11(13(21)22)10(8-2)17-14(18-12)25-6/h7H,1,8-9H2,2-6H3,(H,21,22)(H,17,18,19). The number of aromatic nitrogens is 2. The number of amides is 1. The molecule has 1 rings (SSSR count). The summed E-state index contributed by atoms with van der Waals surface area (Å²) in [6.45, 7) is 10.7. The van der Waals surface area contributed by atoms with Crippen LogP contribution >= 0.6 is 11.8 Å². The Morgan fingerprint density at radius 1 is 1.40 bits per heavy atom. The van der Waals surface area contributed by atoms with Crippen LogP contribution in [0.2, 0.25) is 0 Å². The number of carbonyl (C=O) groups is 2. The zero-order chi connectivity index (χ0) is 19.2. The Hall–Kier alpha value is -2.29. The number of aromatic carboxylic acids is 1. The van der Waals surface area contributed by atoms with Gasteiger partial charge in [0.2, 0.25) is 0 Å². The second-order valence-electron chi connectivity index (χ2n) is 6.03. The molecule has 8 nitrogen and oxygen atoms in total. The fraction of sp³-hybridized carbons (Fsp3) is 0.500. The van der Waals surface area contributed by atoms with Crippen LogP contribution in [0.5, 0.6) is 0 Å². The molecule has 0 unspecified atom stereocenters. The van der Waals surface area contributed by atoms with E-state index in [9.17, 15) is 14.7 Å². The summed E-state index contributed by atoms with van der Waals surface area (Å²) in [5.74, 6) is -1.13. The largest absolute Gasteiger partial charge is 0.477 e. The van der Waals surface area contributed by atoms with Crippen LogP contribution in [-0.2, 0) is 11.2 Å². The lowest BCUT2D eigenvalue weighted by Crippen LogP contribution is -2.41. The van der Waals surface area contributed by atoms with E-state index in [1.54, 1.807) is 34.0 Å². The Bertz CT molecular complexity index is 658. The van der Waals surface area contributed by atoms with Crippen LogP contribution < -0.4 is 5.43 Å². The van der Waals surface area contributed by atoms with Gasteiger partial charge in [-0.1, -0.05) is 24.8 Å². The van der Waals surface area contributed by atoms with Crippen molar-refractivity contribution < 1.29 is 19.4 Å². The summed E-state index contributed by atoms with van der Waals surface area (Å²) in [5.41, 5.74) is 2.36. The number of carboxylic acids is 1. The maximum atomic E-state index is 12.3. The quantitative estimate of drug-likeness (QED) is 0.327. The van der Waals surface area contributed by atoms with Gasteiger partial charge in [-0.3, -0.25) is 5.43 Å². The first-order valence-corrected chi connectivity index (χ1v) is 8.91. The van der Waals surface area contributed by atoms with E-state index in [1.807, 2.05) is 0 Å². The van der Waals surface area contributed by atoms with Crippen molar-refractivity contribution in [2.75, 3.05) is 18.2 Å². The van der Waals surface area contributed by atoms with Gasteiger partial charge in [0, 0.05) is 0 Å². The summed E-state index contributed by atoms with van der Waals surface area (Å²) >= 11 is 1.28. The zero-order valence-corrected chi connectivity index (χ0v) is 15.9. The predicted molar refractivity (Wildman–Crippen MR) is 96.9 cm³/mol. The molecule has 9 heteroatoms. The molecule has 25 heavy (non-hydrogen) atoms. The number of aryl methyl sites for hydroxylation is 1. The maximum Gasteiger partial charge on any atom is 0.429 e. The molecule has 1 amide bonds. The number of carbonyl (C=O) groups excluding carboxylic acids is 1. The molecule has 1 heterocycles. The van der Waals surface area contributed by atoms with Gasteiger partial charge in [0.05, 0.1) is 12.2 Å². The smallest absolute Gasteiger partial charge is 0.429 e. The second-order valence-corrected chi connectivity index (χ2v) is 6.80. The Kier molecular flexibility index (Phi) is 7.22. The first-order chi connectivity index (χ1) is 11.6. The number of carboxylic acid groups (broad SMARTS) is 1. The number of hydrogen-bond donors (Lipinski definition) is 2. The highest BCUT2D eigenvalue weighted by molar-refractivity contribution is 7.98. The normalized spacial score (nSPS) is 10.9. The van der Waals surface area contributed by atoms with Crippen molar-refractivity contribution in [1.82, 2.24) is 15.0 Å². The van der Waals surface area contributed by atoms with E-state index >= 15 is 0 Å². The molecule has 0 saturated carbocycles. The van der Waals surface area contributed by atoms with Crippen LogP contribution in [0.1, 0.15) is 43.7 Å². The van der Waals surface area contributed by atoms with Crippen molar-refractivity contribution in [3.8, 4) is 0 Å². The highest BCUT2D eigenvalue weighted by Gasteiger charge is 2.25. The lowest BCUT2D eigenvalue weighted by atomic mass is 10.2. The molecular formula is C16H24N4O4S. The molecule has 0 aliphatic rings. The molecule has 0 aliphatic heterocycles. The molecule has 0 aromatic carbocycles. The summed E-state index contributed by atoms with van der Waals surface area (Å²) in [6.07, 6.45) is 3.04. The number of ether oxygens (including phenoxy) is 1. The molecule has 0 aliphatic carbocycles. The third kappa shape index (κ3) is 5.93. The third-order valence-corrected chi connectivity index (χ3v) is 3.41. The summed E-state index contributed by atoms with van der Waals surface area (Å²) in [6, 6.07) is 0. The molecule has 1 aromatic heterocycles. The van der Waals surface area contributed by atoms with Crippen molar-refractivity contribution in [3.05, 3.63) is 23.9 Å². The highest BCUT2D eigenvalue weighted by atomic mass is 32.2. The van der Waals surface area contributed by atoms with E-state index in [4.69, 9.17) is 4.74 Å². The van der Waals surface area contributed by atoms with Gasteiger partial charge < -0.3 is 9.84 Å². The van der Waals surface area contributed by atoms with E-state index in [2.05, 4.69) is 22.0 Å². The van der Waals surface area contributed by atoms with Gasteiger partial charge in [0.25, 0.3) is 0 Å². The third-order valence-electron chi connectivity index (χ3n) is 2.86. The van der Waals surface area contributed by atoms with Crippen LogP contribution in [0, 0.1) is 0 Å². The summed E-state index contributed by atoms with van der Waals surface area (Å²) in [7, 11) is 0. The van der Waals surface area contributed by atoms with E-state index < -0.39 is 17.7 Å². The molecule has 1 aromatic rings. The van der Waals surface area contributed by atoms with E-state index in [1.165, 1.54) is 17.8 Å². The monoisotopic (exact) mass is 368 g/mol. The number of thioether (sulfide) groups is 1. The van der Waals surface area contributed by atoms with Crippen LogP contribution in [0.4, 0.5) is 10.6 Å². The molecule has 0 fully saturated rings. The fourth-order valence-electron chi connectivity index (χ4n) is 1.88. The van der Waals surface area contributed by atoms with Gasteiger partial charge in [-0.05, 0) is 33.4 Å². The molecule has 0 atom stereocenters. The molecule has 0 spiro atoms. The second kappa shape index (κ2) is 8.70. The minimum Gasteiger partial charge on any atom is -0.477 e. The number of nitrogens with zero attached hydrogens (tertiary/aromatic N) is 3. The lowest BCUT2D eigenvalue weighted by Gasteiger charge is -2.27. The fourth-order valence-corrected chi connectivity index (χ4v) is 2.26. The number of hydrazine groups is 1. The Balaban J connectivity index is 3.29. The average molecular weight is 368 g/mol. The minimum atomic E-state index is -1.17. The van der Waals surface area contributed by atoms with Gasteiger partial charge in [-0.15, -0.1) is 6.58 Å². The molecule has 138 valence electrons. The summed E-state index contributed by atoms with van der Waals surface area (Å²) in [5, 5.41) is 11.1. The summed E-state index contributed by atoms with van der Waals surface area (Å²) in [4.78, 5) is 32.4. The van der Waals surface area contributed by atoms with Gasteiger partial charge >= 0.3 is 12.1 Å². The van der Waals surface area contributed by atoms with Gasteiger partial charge in [0.15, 0.2) is 11.0 Å². The highest BCUT2D eigenvalue weighted by Crippen LogP contribution is 2.22. The van der Waals surface area contributed by atoms with Crippen molar-refractivity contribution in [3.63, 3.8) is 0 Å². The SMILES string of the molecule is C=CCN(Nc1nc(SC)nc(CC)c1C(=O)O)C(=O)OC(C)(C)C. The Labute approximate surface area is 151 Å². The van der Waals surface area contributed by atoms with Gasteiger partial charge in [-0.2, -0.15) is 0 Å². The number of hydrogen-bond acceptors (Lipinski definition) is 7.